The second-order valence-electron chi connectivity index (χ2n) is 5.58. The molecule has 0 amide bonds. The second-order valence-corrected chi connectivity index (χ2v) is 5.58. The summed E-state index contributed by atoms with van der Waals surface area (Å²) >= 11 is 0. The molecule has 0 aromatic heterocycles. The van der Waals surface area contributed by atoms with Crippen LogP contribution in [0.5, 0.6) is 0 Å². The van der Waals surface area contributed by atoms with E-state index in [-0.39, 0.29) is 17.6 Å². The first-order valence-electron chi connectivity index (χ1n) is 6.73. The van der Waals surface area contributed by atoms with Crippen LogP contribution in [0.4, 0.5) is 0 Å². The van der Waals surface area contributed by atoms with Gasteiger partial charge in [-0.2, -0.15) is 0 Å². The molecule has 0 aromatic carbocycles. The lowest BCUT2D eigenvalue weighted by atomic mass is 9.86. The van der Waals surface area contributed by atoms with Crippen LogP contribution in [0.3, 0.4) is 0 Å². The quantitative estimate of drug-likeness (QED) is 0.724. The summed E-state index contributed by atoms with van der Waals surface area (Å²) in [6, 6.07) is 0. The maximum atomic E-state index is 5.60. The predicted molar refractivity (Wildman–Crippen MR) is 69.8 cm³/mol. The Kier molecular flexibility index (Phi) is 4.98. The second kappa shape index (κ2) is 6.30. The molecule has 2 fully saturated rings. The molecule has 0 aliphatic carbocycles. The molecule has 5 heteroatoms. The minimum absolute atomic E-state index is 0.198. The van der Waals surface area contributed by atoms with Crippen LogP contribution in [0.1, 0.15) is 6.42 Å². The third kappa shape index (κ3) is 3.03. The first-order valence-corrected chi connectivity index (χ1v) is 6.73. The van der Waals surface area contributed by atoms with E-state index in [9.17, 15) is 0 Å². The summed E-state index contributed by atoms with van der Waals surface area (Å²) in [5.74, 6) is 0. The van der Waals surface area contributed by atoms with Crippen LogP contribution in [-0.4, -0.2) is 77.8 Å². The summed E-state index contributed by atoms with van der Waals surface area (Å²) < 4.78 is 16.6. The van der Waals surface area contributed by atoms with Gasteiger partial charge in [-0.1, -0.05) is 0 Å². The molecule has 0 saturated carbocycles. The van der Waals surface area contributed by atoms with Gasteiger partial charge in [0.2, 0.25) is 0 Å². The van der Waals surface area contributed by atoms with E-state index >= 15 is 0 Å². The first kappa shape index (κ1) is 14.2. The molecule has 1 N–H and O–H groups in total. The van der Waals surface area contributed by atoms with E-state index in [1.165, 1.54) is 0 Å². The minimum atomic E-state index is 0.198. The zero-order valence-electron chi connectivity index (χ0n) is 11.8. The van der Waals surface area contributed by atoms with Crippen molar-refractivity contribution in [3.05, 3.63) is 0 Å². The smallest absolute Gasteiger partial charge is 0.0971 e. The summed E-state index contributed by atoms with van der Waals surface area (Å²) in [6.07, 6.45) is 1.53. The van der Waals surface area contributed by atoms with Crippen LogP contribution < -0.4 is 5.32 Å². The molecule has 0 radical (unpaired) electrons. The van der Waals surface area contributed by atoms with Gasteiger partial charge in [0.15, 0.2) is 0 Å². The van der Waals surface area contributed by atoms with Crippen molar-refractivity contribution in [3.63, 3.8) is 0 Å². The average molecular weight is 258 g/mol. The fraction of sp³-hybridized carbons (Fsp3) is 1.00. The van der Waals surface area contributed by atoms with Gasteiger partial charge in [-0.3, -0.25) is 4.90 Å². The van der Waals surface area contributed by atoms with E-state index in [0.717, 1.165) is 45.8 Å². The number of nitrogens with zero attached hydrogens (tertiary/aromatic N) is 1. The van der Waals surface area contributed by atoms with Crippen molar-refractivity contribution in [3.8, 4) is 0 Å². The predicted octanol–water partition coefficient (Wildman–Crippen LogP) is -0.0419. The Morgan fingerprint density at radius 2 is 1.94 bits per heavy atom. The van der Waals surface area contributed by atoms with Crippen molar-refractivity contribution in [2.24, 2.45) is 5.41 Å². The number of hydrogen-bond donors (Lipinski definition) is 1. The van der Waals surface area contributed by atoms with Crippen molar-refractivity contribution in [1.29, 1.82) is 0 Å². The maximum absolute atomic E-state index is 5.60. The van der Waals surface area contributed by atoms with E-state index in [1.807, 2.05) is 7.05 Å². The van der Waals surface area contributed by atoms with E-state index in [2.05, 4.69) is 10.2 Å². The lowest BCUT2D eigenvalue weighted by Gasteiger charge is -2.32. The maximum Gasteiger partial charge on any atom is 0.0971 e. The van der Waals surface area contributed by atoms with E-state index in [1.54, 1.807) is 14.2 Å². The molecule has 18 heavy (non-hydrogen) atoms. The summed E-state index contributed by atoms with van der Waals surface area (Å²) in [5.41, 5.74) is 0.260. The summed E-state index contributed by atoms with van der Waals surface area (Å²) in [7, 11) is 5.55. The van der Waals surface area contributed by atoms with Crippen LogP contribution >= 0.6 is 0 Å². The molecule has 3 unspecified atom stereocenters. The van der Waals surface area contributed by atoms with Gasteiger partial charge < -0.3 is 19.5 Å². The molecule has 2 heterocycles. The minimum Gasteiger partial charge on any atom is -0.381 e. The summed E-state index contributed by atoms with van der Waals surface area (Å²) in [5, 5.41) is 3.31. The zero-order chi connectivity index (χ0) is 13.0. The Morgan fingerprint density at radius 3 is 2.39 bits per heavy atom. The number of methoxy groups -OCH3 is 2. The van der Waals surface area contributed by atoms with Crippen molar-refractivity contribution in [2.45, 2.75) is 18.6 Å². The van der Waals surface area contributed by atoms with Gasteiger partial charge in [-0.05, 0) is 13.5 Å². The van der Waals surface area contributed by atoms with Crippen LogP contribution in [-0.2, 0) is 14.2 Å². The highest BCUT2D eigenvalue weighted by molar-refractivity contribution is 4.93. The molecule has 0 aromatic rings. The Balaban J connectivity index is 1.92. The molecular formula is C13H26N2O3. The Hall–Kier alpha value is -0.200. The van der Waals surface area contributed by atoms with E-state index in [4.69, 9.17) is 14.2 Å². The van der Waals surface area contributed by atoms with Crippen molar-refractivity contribution < 1.29 is 14.2 Å². The molecule has 2 saturated heterocycles. The largest absolute Gasteiger partial charge is 0.381 e. The van der Waals surface area contributed by atoms with E-state index in [0.29, 0.717) is 0 Å². The molecule has 2 rings (SSSR count). The van der Waals surface area contributed by atoms with Gasteiger partial charge in [0.05, 0.1) is 18.8 Å². The highest BCUT2D eigenvalue weighted by atomic mass is 16.5. The highest BCUT2D eigenvalue weighted by Gasteiger charge is 2.40. The topological polar surface area (TPSA) is 43.0 Å². The highest BCUT2D eigenvalue weighted by Crippen LogP contribution is 2.31. The Bertz CT molecular complexity index is 245. The number of likely N-dealkylation sites (tertiary alicyclic amines) is 1. The number of nitrogens with one attached hydrogen (secondary N) is 1. The monoisotopic (exact) mass is 258 g/mol. The average Bonchev–Trinajstić information content (AvgIpc) is 2.97. The molecule has 3 atom stereocenters. The zero-order valence-corrected chi connectivity index (χ0v) is 11.8. The van der Waals surface area contributed by atoms with Crippen LogP contribution in [0.15, 0.2) is 0 Å². The molecular weight excluding hydrogens is 232 g/mol. The van der Waals surface area contributed by atoms with Gasteiger partial charge >= 0.3 is 0 Å². The van der Waals surface area contributed by atoms with Crippen molar-refractivity contribution in [2.75, 3.05) is 60.7 Å². The lowest BCUT2D eigenvalue weighted by molar-refractivity contribution is -0.00461. The molecule has 0 bridgehead atoms. The van der Waals surface area contributed by atoms with Crippen LogP contribution in [0.25, 0.3) is 0 Å². The fourth-order valence-corrected chi connectivity index (χ4v) is 3.22. The third-order valence-electron chi connectivity index (χ3n) is 4.19. The molecule has 2 aliphatic heterocycles. The number of hydrogen-bond acceptors (Lipinski definition) is 5. The first-order chi connectivity index (χ1) is 8.73. The fourth-order valence-electron chi connectivity index (χ4n) is 3.22. The summed E-state index contributed by atoms with van der Waals surface area (Å²) in [4.78, 5) is 2.45. The molecule has 106 valence electrons. The van der Waals surface area contributed by atoms with Gasteiger partial charge in [-0.15, -0.1) is 0 Å². The van der Waals surface area contributed by atoms with Crippen LogP contribution in [0, 0.1) is 5.41 Å². The Labute approximate surface area is 110 Å². The van der Waals surface area contributed by atoms with Crippen molar-refractivity contribution >= 4 is 0 Å². The van der Waals surface area contributed by atoms with Gasteiger partial charge in [0.1, 0.15) is 0 Å². The lowest BCUT2D eigenvalue weighted by Crippen LogP contribution is -2.43. The SMILES string of the molecule is CNCC1(CN2CC(OC)C(OC)C2)CCOC1. The van der Waals surface area contributed by atoms with Gasteiger partial charge in [-0.25, -0.2) is 0 Å². The van der Waals surface area contributed by atoms with Gasteiger partial charge in [0, 0.05) is 52.4 Å². The summed E-state index contributed by atoms with van der Waals surface area (Å²) in [6.45, 7) is 5.74. The molecule has 5 nitrogen and oxygen atoms in total. The molecule has 2 aliphatic rings. The Morgan fingerprint density at radius 1 is 1.28 bits per heavy atom. The standard InChI is InChI=1S/C13H26N2O3/c1-14-8-13(4-5-18-10-13)9-15-6-11(16-2)12(7-15)17-3/h11-12,14H,4-10H2,1-3H3. The number of ether oxygens (including phenoxy) is 3. The van der Waals surface area contributed by atoms with Crippen LogP contribution in [0.2, 0.25) is 0 Å². The van der Waals surface area contributed by atoms with Gasteiger partial charge in [0.25, 0.3) is 0 Å². The van der Waals surface area contributed by atoms with Crippen molar-refractivity contribution in [1.82, 2.24) is 10.2 Å². The normalized spacial score (nSPS) is 37.5. The molecule has 0 spiro atoms. The number of rotatable bonds is 6. The van der Waals surface area contributed by atoms with E-state index < -0.39 is 0 Å². The third-order valence-corrected chi connectivity index (χ3v) is 4.19.